The Bertz CT molecular complexity index is 1440. The average molecular weight is 598 g/mol. The highest BCUT2D eigenvalue weighted by Gasteiger charge is 2.43. The van der Waals surface area contributed by atoms with Crippen molar-refractivity contribution in [3.63, 3.8) is 0 Å². The molecule has 0 fully saturated rings. The third-order valence-corrected chi connectivity index (χ3v) is 6.71. The van der Waals surface area contributed by atoms with Crippen LogP contribution in [0.3, 0.4) is 0 Å². The maximum atomic E-state index is 14.9. The van der Waals surface area contributed by atoms with Crippen molar-refractivity contribution < 1.29 is 57.4 Å². The van der Waals surface area contributed by atoms with E-state index in [-0.39, 0.29) is 42.2 Å². The fourth-order valence-electron chi connectivity index (χ4n) is 4.74. The summed E-state index contributed by atoms with van der Waals surface area (Å²) in [6.45, 7) is 1.85. The van der Waals surface area contributed by atoms with Gasteiger partial charge in [0.25, 0.3) is 0 Å². The van der Waals surface area contributed by atoms with Crippen molar-refractivity contribution >= 4 is 0 Å². The number of hydrogen-bond donors (Lipinski definition) is 0. The third-order valence-electron chi connectivity index (χ3n) is 6.71. The number of rotatable bonds is 6. The standard InChI is InChI=1S/C28H18F12O/c1-2-12-3-4-16(17(29)5-12)13-6-18(30)24(19(31)7-13)14-8-20(32)26(21(33)9-14)28(39,40)41-15-10-22(34)25(23(35)11-15)27(36,37)38/h5-12,16H,2-4H2,1H3. The predicted molar refractivity (Wildman–Crippen MR) is 123 cm³/mol. The first kappa shape index (κ1) is 30.3. The summed E-state index contributed by atoms with van der Waals surface area (Å²) in [4.78, 5) is 0. The monoisotopic (exact) mass is 598 g/mol. The van der Waals surface area contributed by atoms with E-state index in [9.17, 15) is 52.7 Å². The van der Waals surface area contributed by atoms with Gasteiger partial charge in [0, 0.05) is 18.1 Å². The van der Waals surface area contributed by atoms with Gasteiger partial charge in [-0.15, -0.1) is 0 Å². The minimum Gasteiger partial charge on any atom is -0.429 e. The van der Waals surface area contributed by atoms with Crippen LogP contribution in [0, 0.1) is 40.8 Å². The fraction of sp³-hybridized carbons (Fsp3) is 0.286. The van der Waals surface area contributed by atoms with Crippen LogP contribution in [0.2, 0.25) is 0 Å². The molecule has 0 aliphatic heterocycles. The molecule has 4 rings (SSSR count). The lowest BCUT2D eigenvalue weighted by Gasteiger charge is -2.25. The smallest absolute Gasteiger partial charge is 0.429 e. The van der Waals surface area contributed by atoms with E-state index < -0.39 is 86.9 Å². The molecule has 0 saturated carbocycles. The zero-order valence-corrected chi connectivity index (χ0v) is 20.8. The van der Waals surface area contributed by atoms with Gasteiger partial charge in [-0.2, -0.15) is 22.0 Å². The molecule has 0 bridgehead atoms. The van der Waals surface area contributed by atoms with E-state index in [2.05, 4.69) is 4.74 Å². The molecule has 2 atom stereocenters. The first-order valence-corrected chi connectivity index (χ1v) is 12.0. The van der Waals surface area contributed by atoms with Gasteiger partial charge in [-0.3, -0.25) is 0 Å². The molecule has 0 N–H and O–H groups in total. The second kappa shape index (κ2) is 11.0. The van der Waals surface area contributed by atoms with Crippen molar-refractivity contribution in [2.75, 3.05) is 0 Å². The zero-order valence-electron chi connectivity index (χ0n) is 20.8. The van der Waals surface area contributed by atoms with E-state index in [1.165, 1.54) is 6.08 Å². The van der Waals surface area contributed by atoms with Crippen LogP contribution in [0.4, 0.5) is 52.7 Å². The van der Waals surface area contributed by atoms with Crippen LogP contribution < -0.4 is 4.74 Å². The van der Waals surface area contributed by atoms with Crippen LogP contribution in [0.25, 0.3) is 11.1 Å². The highest BCUT2D eigenvalue weighted by atomic mass is 19.4. The van der Waals surface area contributed by atoms with Crippen LogP contribution in [0.1, 0.15) is 48.8 Å². The molecule has 0 amide bonds. The van der Waals surface area contributed by atoms with Gasteiger partial charge in [-0.25, -0.2) is 30.7 Å². The van der Waals surface area contributed by atoms with Crippen molar-refractivity contribution in [1.82, 2.24) is 0 Å². The van der Waals surface area contributed by atoms with Gasteiger partial charge in [0.05, 0.1) is 5.56 Å². The van der Waals surface area contributed by atoms with Gasteiger partial charge in [0.1, 0.15) is 57.6 Å². The Balaban J connectivity index is 1.67. The summed E-state index contributed by atoms with van der Waals surface area (Å²) >= 11 is 0. The predicted octanol–water partition coefficient (Wildman–Crippen LogP) is 10.1. The zero-order chi connectivity index (χ0) is 30.4. The summed E-state index contributed by atoms with van der Waals surface area (Å²) in [6, 6.07) is 1.28. The van der Waals surface area contributed by atoms with Gasteiger partial charge in [-0.05, 0) is 66.6 Å². The van der Waals surface area contributed by atoms with E-state index in [4.69, 9.17) is 0 Å². The highest BCUT2D eigenvalue weighted by molar-refractivity contribution is 5.66. The molecule has 0 spiro atoms. The first-order valence-electron chi connectivity index (χ1n) is 12.0. The van der Waals surface area contributed by atoms with E-state index >= 15 is 0 Å². The first-order chi connectivity index (χ1) is 19.0. The Morgan fingerprint density at radius 2 is 1.20 bits per heavy atom. The summed E-state index contributed by atoms with van der Waals surface area (Å²) in [5.74, 6) is -14.7. The van der Waals surface area contributed by atoms with Gasteiger partial charge < -0.3 is 4.74 Å². The van der Waals surface area contributed by atoms with E-state index in [1.807, 2.05) is 6.92 Å². The van der Waals surface area contributed by atoms with Gasteiger partial charge >= 0.3 is 12.3 Å². The van der Waals surface area contributed by atoms with Crippen LogP contribution in [-0.2, 0) is 12.3 Å². The topological polar surface area (TPSA) is 9.23 Å². The maximum Gasteiger partial charge on any atom is 0.432 e. The Kier molecular flexibility index (Phi) is 8.12. The quantitative estimate of drug-likeness (QED) is 0.257. The molecule has 3 aromatic carbocycles. The Morgan fingerprint density at radius 1 is 0.683 bits per heavy atom. The molecule has 0 radical (unpaired) electrons. The molecule has 13 heteroatoms. The van der Waals surface area contributed by atoms with Crippen LogP contribution in [0.5, 0.6) is 5.75 Å². The molecule has 0 heterocycles. The molecule has 1 aliphatic rings. The number of benzene rings is 3. The summed E-state index contributed by atoms with van der Waals surface area (Å²) < 4.78 is 173. The largest absolute Gasteiger partial charge is 0.432 e. The fourth-order valence-corrected chi connectivity index (χ4v) is 4.74. The lowest BCUT2D eigenvalue weighted by Crippen LogP contribution is -2.25. The molecule has 1 aliphatic carbocycles. The molecular weight excluding hydrogens is 580 g/mol. The molecular formula is C28H18F12O. The normalized spacial score (nSPS) is 17.9. The van der Waals surface area contributed by atoms with E-state index in [0.29, 0.717) is 12.8 Å². The summed E-state index contributed by atoms with van der Waals surface area (Å²) in [6.07, 6.45) is -7.74. The summed E-state index contributed by atoms with van der Waals surface area (Å²) in [7, 11) is 0. The molecule has 0 aromatic heterocycles. The Hall–Kier alpha value is -3.64. The van der Waals surface area contributed by atoms with Gasteiger partial charge in [0.2, 0.25) is 0 Å². The number of halogens is 12. The van der Waals surface area contributed by atoms with Crippen molar-refractivity contribution in [2.45, 2.75) is 44.4 Å². The van der Waals surface area contributed by atoms with Crippen molar-refractivity contribution in [3.05, 3.63) is 99.9 Å². The van der Waals surface area contributed by atoms with Crippen LogP contribution in [-0.4, -0.2) is 0 Å². The number of allylic oxidation sites excluding steroid dienone is 2. The molecule has 220 valence electrons. The molecule has 1 nitrogen and oxygen atoms in total. The Labute approximate surface area is 225 Å². The summed E-state index contributed by atoms with van der Waals surface area (Å²) in [5, 5.41) is 0. The van der Waals surface area contributed by atoms with E-state index in [1.54, 1.807) is 0 Å². The van der Waals surface area contributed by atoms with Gasteiger partial charge in [0.15, 0.2) is 0 Å². The van der Waals surface area contributed by atoms with Crippen LogP contribution >= 0.6 is 0 Å². The molecule has 41 heavy (non-hydrogen) atoms. The Morgan fingerprint density at radius 3 is 1.66 bits per heavy atom. The number of hydrogen-bond acceptors (Lipinski definition) is 1. The minimum absolute atomic E-state index is 0.0379. The van der Waals surface area contributed by atoms with E-state index in [0.717, 1.165) is 12.1 Å². The van der Waals surface area contributed by atoms with Gasteiger partial charge in [-0.1, -0.05) is 6.92 Å². The number of alkyl halides is 5. The minimum atomic E-state index is -5.52. The molecule has 2 unspecified atom stereocenters. The second-order valence-electron chi connectivity index (χ2n) is 9.40. The lowest BCUT2D eigenvalue weighted by molar-refractivity contribution is -0.189. The molecule has 3 aromatic rings. The SMILES string of the molecule is CCC1C=C(F)C(c2cc(F)c(-c3cc(F)c(C(F)(F)Oc4cc(F)c(C(F)(F)F)c(F)c4)c(F)c3)c(F)c2)CC1. The third kappa shape index (κ3) is 6.03. The second-order valence-corrected chi connectivity index (χ2v) is 9.40. The van der Waals surface area contributed by atoms with Crippen LogP contribution in [0.15, 0.2) is 48.3 Å². The number of ether oxygens (including phenoxy) is 1. The lowest BCUT2D eigenvalue weighted by atomic mass is 9.82. The summed E-state index contributed by atoms with van der Waals surface area (Å²) in [5.41, 5.74) is -6.52. The van der Waals surface area contributed by atoms with Crippen molar-refractivity contribution in [1.29, 1.82) is 0 Å². The van der Waals surface area contributed by atoms with Crippen molar-refractivity contribution in [2.24, 2.45) is 5.92 Å². The molecule has 0 saturated heterocycles. The maximum absolute atomic E-state index is 14.9. The highest BCUT2D eigenvalue weighted by Crippen LogP contribution is 2.42. The van der Waals surface area contributed by atoms with Crippen molar-refractivity contribution in [3.8, 4) is 16.9 Å². The average Bonchev–Trinajstić information content (AvgIpc) is 2.81.